The summed E-state index contributed by atoms with van der Waals surface area (Å²) in [5.74, 6) is -4.01. The van der Waals surface area contributed by atoms with E-state index in [1.54, 1.807) is 6.92 Å². The lowest BCUT2D eigenvalue weighted by Crippen LogP contribution is -2.09. The van der Waals surface area contributed by atoms with Crippen LogP contribution in [0.15, 0.2) is 12.7 Å². The smallest absolute Gasteiger partial charge is 0.414 e. The molecule has 0 aromatic rings. The molecule has 0 radical (unpaired) electrons. The lowest BCUT2D eigenvalue weighted by molar-refractivity contribution is -0.159. The number of carbonyl (C=O) groups is 3. The van der Waals surface area contributed by atoms with Crippen LogP contribution >= 0.6 is 0 Å². The molecule has 0 aromatic carbocycles. The van der Waals surface area contributed by atoms with Gasteiger partial charge in [0.2, 0.25) is 0 Å². The molecule has 0 aliphatic heterocycles. The maximum Gasteiger partial charge on any atom is 0.414 e. The molecule has 74 valence electrons. The fourth-order valence-corrected chi connectivity index (χ4v) is 0.201. The number of aliphatic carboxylic acids is 2. The third-order valence-corrected chi connectivity index (χ3v) is 0.636. The van der Waals surface area contributed by atoms with Gasteiger partial charge in [-0.15, -0.1) is 0 Å². The zero-order chi connectivity index (χ0) is 10.9. The topological polar surface area (TPSA) is 101 Å². The highest BCUT2D eigenvalue weighted by Crippen LogP contribution is 1.74. The van der Waals surface area contributed by atoms with Crippen molar-refractivity contribution in [3.63, 3.8) is 0 Å². The van der Waals surface area contributed by atoms with E-state index in [1.807, 2.05) is 0 Å². The molecule has 0 saturated heterocycles. The Morgan fingerprint density at radius 1 is 1.31 bits per heavy atom. The summed E-state index contributed by atoms with van der Waals surface area (Å²) in [6.07, 6.45) is 1.14. The molecular formula is C7H10O6. The van der Waals surface area contributed by atoms with Crippen LogP contribution in [0.2, 0.25) is 0 Å². The summed E-state index contributed by atoms with van der Waals surface area (Å²) in [5.41, 5.74) is 0. The second kappa shape index (κ2) is 8.25. The van der Waals surface area contributed by atoms with Gasteiger partial charge in [-0.1, -0.05) is 6.58 Å². The van der Waals surface area contributed by atoms with Crippen LogP contribution in [0.25, 0.3) is 0 Å². The van der Waals surface area contributed by atoms with E-state index in [0.717, 1.165) is 6.08 Å². The summed E-state index contributed by atoms with van der Waals surface area (Å²) in [5, 5.41) is 14.8. The third-order valence-electron chi connectivity index (χ3n) is 0.636. The average Bonchev–Trinajstić information content (AvgIpc) is 2.05. The Bertz CT molecular complexity index is 195. The standard InChI is InChI=1S/C5H8O2.C2H2O4/c1-3-5(6)7-4-2;3-1(4)2(5)6/h3H,1,4H2,2H3;(H,3,4)(H,5,6). The van der Waals surface area contributed by atoms with Gasteiger partial charge >= 0.3 is 17.9 Å². The highest BCUT2D eigenvalue weighted by Gasteiger charge is 2.04. The molecule has 0 aliphatic carbocycles. The van der Waals surface area contributed by atoms with Gasteiger partial charge in [-0.05, 0) is 6.92 Å². The molecule has 6 heteroatoms. The number of carboxylic acid groups (broad SMARTS) is 2. The lowest BCUT2D eigenvalue weighted by atomic mass is 10.6. The van der Waals surface area contributed by atoms with Crippen molar-refractivity contribution in [1.82, 2.24) is 0 Å². The van der Waals surface area contributed by atoms with Crippen LogP contribution in [0, 0.1) is 0 Å². The van der Waals surface area contributed by atoms with E-state index in [-0.39, 0.29) is 5.97 Å². The molecule has 0 unspecified atom stereocenters. The fraction of sp³-hybridized carbons (Fsp3) is 0.286. The largest absolute Gasteiger partial charge is 0.473 e. The van der Waals surface area contributed by atoms with Crippen LogP contribution in [0.1, 0.15) is 6.92 Å². The maximum absolute atomic E-state index is 10.1. The summed E-state index contributed by atoms with van der Waals surface area (Å²) in [7, 11) is 0. The van der Waals surface area contributed by atoms with Crippen LogP contribution in [0.4, 0.5) is 0 Å². The van der Waals surface area contributed by atoms with E-state index in [1.165, 1.54) is 0 Å². The van der Waals surface area contributed by atoms with Crippen molar-refractivity contribution in [2.24, 2.45) is 0 Å². The molecular weight excluding hydrogens is 180 g/mol. The van der Waals surface area contributed by atoms with Crippen LogP contribution in [-0.2, 0) is 19.1 Å². The molecule has 13 heavy (non-hydrogen) atoms. The first-order chi connectivity index (χ1) is 5.95. The molecule has 0 saturated carbocycles. The van der Waals surface area contributed by atoms with Crippen molar-refractivity contribution in [3.8, 4) is 0 Å². The van der Waals surface area contributed by atoms with Crippen LogP contribution < -0.4 is 0 Å². The number of carboxylic acids is 2. The molecule has 0 spiro atoms. The molecule has 0 heterocycles. The summed E-state index contributed by atoms with van der Waals surface area (Å²) < 4.78 is 4.43. The molecule has 0 aromatic heterocycles. The minimum atomic E-state index is -1.82. The van der Waals surface area contributed by atoms with Gasteiger partial charge in [0.25, 0.3) is 0 Å². The van der Waals surface area contributed by atoms with Crippen molar-refractivity contribution in [3.05, 3.63) is 12.7 Å². The number of hydrogen-bond acceptors (Lipinski definition) is 4. The quantitative estimate of drug-likeness (QED) is 0.358. The third kappa shape index (κ3) is 13.2. The van der Waals surface area contributed by atoms with Gasteiger partial charge in [0.1, 0.15) is 0 Å². The zero-order valence-electron chi connectivity index (χ0n) is 7.02. The second-order valence-corrected chi connectivity index (χ2v) is 1.57. The minimum Gasteiger partial charge on any atom is -0.473 e. The molecule has 2 N–H and O–H groups in total. The van der Waals surface area contributed by atoms with Gasteiger partial charge in [-0.3, -0.25) is 0 Å². The van der Waals surface area contributed by atoms with E-state index in [2.05, 4.69) is 11.3 Å². The summed E-state index contributed by atoms with van der Waals surface area (Å²) >= 11 is 0. The minimum absolute atomic E-state index is 0.359. The van der Waals surface area contributed by atoms with Crippen molar-refractivity contribution in [1.29, 1.82) is 0 Å². The van der Waals surface area contributed by atoms with Gasteiger partial charge in [0.05, 0.1) is 6.61 Å². The number of carbonyl (C=O) groups excluding carboxylic acids is 1. The van der Waals surface area contributed by atoms with E-state index in [0.29, 0.717) is 6.61 Å². The molecule has 0 amide bonds. The van der Waals surface area contributed by atoms with Crippen molar-refractivity contribution in [2.45, 2.75) is 6.92 Å². The average molecular weight is 190 g/mol. The van der Waals surface area contributed by atoms with E-state index < -0.39 is 11.9 Å². The van der Waals surface area contributed by atoms with Crippen molar-refractivity contribution >= 4 is 17.9 Å². The predicted octanol–water partition coefficient (Wildman–Crippen LogP) is -0.109. The summed E-state index contributed by atoms with van der Waals surface area (Å²) in [6.45, 7) is 5.38. The molecule has 0 aliphatic rings. The second-order valence-electron chi connectivity index (χ2n) is 1.57. The Kier molecular flexibility index (Phi) is 8.71. The lowest BCUT2D eigenvalue weighted by Gasteiger charge is -1.90. The number of esters is 1. The van der Waals surface area contributed by atoms with Crippen molar-refractivity contribution in [2.75, 3.05) is 6.61 Å². The van der Waals surface area contributed by atoms with Crippen LogP contribution in [-0.4, -0.2) is 34.7 Å². The van der Waals surface area contributed by atoms with E-state index >= 15 is 0 Å². The Hall–Kier alpha value is -1.85. The van der Waals surface area contributed by atoms with Gasteiger partial charge in [-0.2, -0.15) is 0 Å². The Labute approximate surface area is 74.4 Å². The SMILES string of the molecule is C=CC(=O)OCC.O=C(O)C(=O)O. The first-order valence-electron chi connectivity index (χ1n) is 3.21. The van der Waals surface area contributed by atoms with E-state index in [4.69, 9.17) is 19.8 Å². The Morgan fingerprint density at radius 2 is 1.69 bits per heavy atom. The Morgan fingerprint density at radius 3 is 1.77 bits per heavy atom. The normalized spacial score (nSPS) is 7.46. The first kappa shape index (κ1) is 13.7. The van der Waals surface area contributed by atoms with Gasteiger partial charge in [0, 0.05) is 6.08 Å². The molecule has 0 fully saturated rings. The van der Waals surface area contributed by atoms with Crippen LogP contribution in [0.5, 0.6) is 0 Å². The highest BCUT2D eigenvalue weighted by molar-refractivity contribution is 6.27. The van der Waals surface area contributed by atoms with Gasteiger partial charge in [0.15, 0.2) is 0 Å². The number of hydrogen-bond donors (Lipinski definition) is 2. The molecule has 6 nitrogen and oxygen atoms in total. The number of ether oxygens (including phenoxy) is 1. The molecule has 0 bridgehead atoms. The first-order valence-corrected chi connectivity index (χ1v) is 3.21. The maximum atomic E-state index is 10.1. The molecule has 0 atom stereocenters. The van der Waals surface area contributed by atoms with Crippen LogP contribution in [0.3, 0.4) is 0 Å². The fourth-order valence-electron chi connectivity index (χ4n) is 0.201. The summed E-state index contributed by atoms with van der Waals surface area (Å²) in [6, 6.07) is 0. The summed E-state index contributed by atoms with van der Waals surface area (Å²) in [4.78, 5) is 28.3. The van der Waals surface area contributed by atoms with Gasteiger partial charge < -0.3 is 14.9 Å². The van der Waals surface area contributed by atoms with E-state index in [9.17, 15) is 4.79 Å². The monoisotopic (exact) mass is 190 g/mol. The highest BCUT2D eigenvalue weighted by atomic mass is 16.5. The van der Waals surface area contributed by atoms with Crippen molar-refractivity contribution < 1.29 is 29.3 Å². The predicted molar refractivity (Wildman–Crippen MR) is 42.1 cm³/mol. The van der Waals surface area contributed by atoms with Gasteiger partial charge in [-0.25, -0.2) is 14.4 Å². The molecule has 0 rings (SSSR count). The Balaban J connectivity index is 0. The zero-order valence-corrected chi connectivity index (χ0v) is 7.02. The number of rotatable bonds is 2.